The van der Waals surface area contributed by atoms with Crippen LogP contribution >= 0.6 is 0 Å². The minimum absolute atomic E-state index is 0. The van der Waals surface area contributed by atoms with E-state index in [4.69, 9.17) is 5.11 Å². The van der Waals surface area contributed by atoms with Gasteiger partial charge in [-0.25, -0.2) is 4.79 Å². The second-order valence-corrected chi connectivity index (χ2v) is 4.33. The molecule has 0 aliphatic carbocycles. The number of carbonyl (C=O) groups is 3. The molecule has 0 saturated carbocycles. The van der Waals surface area contributed by atoms with Crippen LogP contribution in [-0.4, -0.2) is 69.2 Å². The third-order valence-corrected chi connectivity index (χ3v) is 2.45. The number of aliphatic hydroxyl groups is 2. The summed E-state index contributed by atoms with van der Waals surface area (Å²) in [4.78, 5) is 34.0. The van der Waals surface area contributed by atoms with Gasteiger partial charge in [-0.3, -0.25) is 9.59 Å². The van der Waals surface area contributed by atoms with Crippen LogP contribution in [0.1, 0.15) is 46.5 Å². The van der Waals surface area contributed by atoms with Crippen molar-refractivity contribution < 1.29 is 29.3 Å². The number of esters is 2. The Kier molecular flexibility index (Phi) is 10.6. The van der Waals surface area contributed by atoms with Gasteiger partial charge in [0.05, 0.1) is 0 Å². The molecule has 106 valence electrons. The van der Waals surface area contributed by atoms with Gasteiger partial charge in [0.1, 0.15) is 6.10 Å². The fourth-order valence-corrected chi connectivity index (χ4v) is 1.28. The molecule has 0 aromatic carbocycles. The first-order valence-electron chi connectivity index (χ1n) is 5.93. The van der Waals surface area contributed by atoms with E-state index in [9.17, 15) is 19.5 Å². The van der Waals surface area contributed by atoms with Crippen LogP contribution in [0.2, 0.25) is 0 Å². The number of ketones is 1. The van der Waals surface area contributed by atoms with Crippen molar-refractivity contribution in [3.05, 3.63) is 0 Å². The van der Waals surface area contributed by atoms with Gasteiger partial charge in [-0.1, -0.05) is 19.8 Å². The maximum absolute atomic E-state index is 11.4. The number of rotatable bonds is 7. The summed E-state index contributed by atoms with van der Waals surface area (Å²) in [6.45, 7) is 3.97. The molecule has 0 radical (unpaired) electrons. The molecule has 0 fully saturated rings. The molecular formula is C12H21NaO6. The Balaban J connectivity index is 0. The fourth-order valence-electron chi connectivity index (χ4n) is 1.28. The van der Waals surface area contributed by atoms with Crippen LogP contribution in [0.3, 0.4) is 0 Å². The number of carbonyl (C=O) groups excluding carboxylic acids is 3. The standard InChI is InChI=1S/C12H20O6.Na.H/c1-4-5-6-7-9(14)18-11(16)12(3,17)10(15)8(2)13;;/h8,13,17H,4-7H2,1-3H3;;. The van der Waals surface area contributed by atoms with Crippen LogP contribution in [0.15, 0.2) is 0 Å². The summed E-state index contributed by atoms with van der Waals surface area (Å²) in [5.41, 5.74) is -2.51. The Bertz CT molecular complexity index is 324. The molecule has 0 spiro atoms. The summed E-state index contributed by atoms with van der Waals surface area (Å²) < 4.78 is 4.37. The van der Waals surface area contributed by atoms with Gasteiger partial charge < -0.3 is 14.9 Å². The third-order valence-electron chi connectivity index (χ3n) is 2.45. The summed E-state index contributed by atoms with van der Waals surface area (Å²) in [6, 6.07) is 0. The van der Waals surface area contributed by atoms with Gasteiger partial charge in [0.2, 0.25) is 11.4 Å². The van der Waals surface area contributed by atoms with Crippen molar-refractivity contribution in [2.24, 2.45) is 0 Å². The Hall–Kier alpha value is -0.270. The number of ether oxygens (including phenoxy) is 1. The van der Waals surface area contributed by atoms with Gasteiger partial charge >= 0.3 is 41.5 Å². The van der Waals surface area contributed by atoms with Gasteiger partial charge in [-0.2, -0.15) is 0 Å². The predicted octanol–water partition coefficient (Wildman–Crippen LogP) is -0.311. The zero-order valence-corrected chi connectivity index (χ0v) is 10.9. The van der Waals surface area contributed by atoms with Crippen molar-refractivity contribution in [1.82, 2.24) is 0 Å². The van der Waals surface area contributed by atoms with Crippen LogP contribution in [0, 0.1) is 0 Å². The molecule has 2 N–H and O–H groups in total. The van der Waals surface area contributed by atoms with Crippen LogP contribution in [0.5, 0.6) is 0 Å². The summed E-state index contributed by atoms with van der Waals surface area (Å²) in [5.74, 6) is -3.24. The summed E-state index contributed by atoms with van der Waals surface area (Å²) in [6.07, 6.45) is 0.863. The van der Waals surface area contributed by atoms with E-state index in [1.807, 2.05) is 6.92 Å². The van der Waals surface area contributed by atoms with E-state index < -0.39 is 29.4 Å². The van der Waals surface area contributed by atoms with Gasteiger partial charge in [-0.15, -0.1) is 0 Å². The van der Waals surface area contributed by atoms with E-state index in [0.29, 0.717) is 6.42 Å². The fraction of sp³-hybridized carbons (Fsp3) is 0.750. The quantitative estimate of drug-likeness (QED) is 0.288. The first-order valence-corrected chi connectivity index (χ1v) is 5.93. The van der Waals surface area contributed by atoms with Crippen molar-refractivity contribution in [2.45, 2.75) is 58.2 Å². The molecule has 0 aliphatic rings. The van der Waals surface area contributed by atoms with Crippen LogP contribution in [0.25, 0.3) is 0 Å². The van der Waals surface area contributed by atoms with Gasteiger partial charge in [0, 0.05) is 6.42 Å². The van der Waals surface area contributed by atoms with E-state index in [1.54, 1.807) is 0 Å². The maximum atomic E-state index is 11.4. The van der Waals surface area contributed by atoms with Crippen LogP contribution in [0.4, 0.5) is 0 Å². The number of hydrogen-bond acceptors (Lipinski definition) is 6. The SMILES string of the molecule is CCCCCC(=O)OC(=O)C(C)(O)C(=O)C(C)O.[NaH]. The number of Topliss-reactive ketones (excluding diaryl/α,β-unsaturated/α-hetero) is 1. The number of hydrogen-bond donors (Lipinski definition) is 2. The molecule has 2 atom stereocenters. The zero-order valence-electron chi connectivity index (χ0n) is 10.9. The minimum atomic E-state index is -2.51. The molecule has 2 unspecified atom stereocenters. The molecule has 0 rings (SSSR count). The Morgan fingerprint density at radius 1 is 1.26 bits per heavy atom. The molecule has 7 heteroatoms. The van der Waals surface area contributed by atoms with Gasteiger partial charge in [0.25, 0.3) is 0 Å². The van der Waals surface area contributed by atoms with E-state index in [0.717, 1.165) is 26.7 Å². The van der Waals surface area contributed by atoms with E-state index in [2.05, 4.69) is 4.74 Å². The van der Waals surface area contributed by atoms with Crippen LogP contribution in [-0.2, 0) is 19.1 Å². The molecule has 6 nitrogen and oxygen atoms in total. The van der Waals surface area contributed by atoms with Crippen molar-refractivity contribution >= 4 is 47.3 Å². The average molecular weight is 284 g/mol. The normalized spacial score (nSPS) is 14.8. The van der Waals surface area contributed by atoms with E-state index >= 15 is 0 Å². The molecule has 0 amide bonds. The Labute approximate surface area is 134 Å². The van der Waals surface area contributed by atoms with Crippen molar-refractivity contribution in [1.29, 1.82) is 0 Å². The average Bonchev–Trinajstić information content (AvgIpc) is 2.27. The summed E-state index contributed by atoms with van der Waals surface area (Å²) >= 11 is 0. The third kappa shape index (κ3) is 7.17. The molecule has 0 aromatic rings. The van der Waals surface area contributed by atoms with Crippen molar-refractivity contribution in [3.8, 4) is 0 Å². The predicted molar refractivity (Wildman–Crippen MR) is 69.7 cm³/mol. The number of aliphatic hydroxyl groups excluding tert-OH is 1. The van der Waals surface area contributed by atoms with Crippen molar-refractivity contribution in [3.63, 3.8) is 0 Å². The van der Waals surface area contributed by atoms with Crippen molar-refractivity contribution in [2.75, 3.05) is 0 Å². The molecular weight excluding hydrogens is 263 g/mol. The van der Waals surface area contributed by atoms with Gasteiger partial charge in [0.15, 0.2) is 0 Å². The Morgan fingerprint density at radius 2 is 1.79 bits per heavy atom. The summed E-state index contributed by atoms with van der Waals surface area (Å²) in [7, 11) is 0. The monoisotopic (exact) mass is 284 g/mol. The first-order chi connectivity index (χ1) is 8.23. The molecule has 19 heavy (non-hydrogen) atoms. The first kappa shape index (κ1) is 21.0. The second-order valence-electron chi connectivity index (χ2n) is 4.33. The Morgan fingerprint density at radius 3 is 2.21 bits per heavy atom. The topological polar surface area (TPSA) is 101 Å². The summed E-state index contributed by atoms with van der Waals surface area (Å²) in [5, 5.41) is 18.6. The van der Waals surface area contributed by atoms with E-state index in [1.165, 1.54) is 0 Å². The molecule has 0 saturated heterocycles. The zero-order chi connectivity index (χ0) is 14.3. The van der Waals surface area contributed by atoms with Crippen LogP contribution < -0.4 is 0 Å². The molecule has 0 heterocycles. The second kappa shape index (κ2) is 9.61. The van der Waals surface area contributed by atoms with E-state index in [-0.39, 0.29) is 36.0 Å². The van der Waals surface area contributed by atoms with Gasteiger partial charge in [-0.05, 0) is 20.3 Å². The number of unbranched alkanes of at least 4 members (excludes halogenated alkanes) is 2. The molecule has 0 bridgehead atoms. The molecule has 0 aliphatic heterocycles. The molecule has 0 aromatic heterocycles.